The number of ether oxygens (including phenoxy) is 1. The topological polar surface area (TPSA) is 43.2 Å². The highest BCUT2D eigenvalue weighted by Crippen LogP contribution is 2.25. The summed E-state index contributed by atoms with van der Waals surface area (Å²) in [7, 11) is 0. The van der Waals surface area contributed by atoms with Crippen molar-refractivity contribution in [2.45, 2.75) is 6.54 Å². The molecule has 0 aliphatic carbocycles. The van der Waals surface area contributed by atoms with Gasteiger partial charge in [0.1, 0.15) is 10.2 Å². The van der Waals surface area contributed by atoms with Gasteiger partial charge in [-0.05, 0) is 0 Å². The SMILES string of the molecule is Clc1csc(-c2cnn(CCN3CCOCC3)c2)n1. The lowest BCUT2D eigenvalue weighted by Gasteiger charge is -2.26. The van der Waals surface area contributed by atoms with Crippen LogP contribution in [0.25, 0.3) is 10.6 Å². The second-order valence-corrected chi connectivity index (χ2v) is 5.67. The van der Waals surface area contributed by atoms with Gasteiger partial charge in [0, 0.05) is 36.8 Å². The molecule has 0 bridgehead atoms. The Hall–Kier alpha value is -0.950. The molecule has 0 amide bonds. The zero-order valence-electron chi connectivity index (χ0n) is 10.5. The Labute approximate surface area is 120 Å². The number of hydrogen-bond donors (Lipinski definition) is 0. The van der Waals surface area contributed by atoms with Crippen LogP contribution in [0.5, 0.6) is 0 Å². The van der Waals surface area contributed by atoms with Crippen molar-refractivity contribution in [3.63, 3.8) is 0 Å². The van der Waals surface area contributed by atoms with Crippen LogP contribution in [0.4, 0.5) is 0 Å². The quantitative estimate of drug-likeness (QED) is 0.866. The first-order chi connectivity index (χ1) is 9.31. The van der Waals surface area contributed by atoms with Gasteiger partial charge in [0.25, 0.3) is 0 Å². The lowest BCUT2D eigenvalue weighted by atomic mass is 10.4. The molecule has 0 N–H and O–H groups in total. The van der Waals surface area contributed by atoms with Crippen molar-refractivity contribution in [3.05, 3.63) is 22.9 Å². The second kappa shape index (κ2) is 6.00. The van der Waals surface area contributed by atoms with Crippen LogP contribution in [-0.2, 0) is 11.3 Å². The van der Waals surface area contributed by atoms with Crippen LogP contribution in [0.2, 0.25) is 5.15 Å². The number of morpholine rings is 1. The number of aromatic nitrogens is 3. The van der Waals surface area contributed by atoms with E-state index in [2.05, 4.69) is 15.0 Å². The van der Waals surface area contributed by atoms with Crippen LogP contribution in [0.15, 0.2) is 17.8 Å². The Morgan fingerprint density at radius 3 is 2.89 bits per heavy atom. The third-order valence-corrected chi connectivity index (χ3v) is 4.32. The molecule has 1 aliphatic rings. The molecule has 2 aromatic heterocycles. The van der Waals surface area contributed by atoms with Gasteiger partial charge in [-0.3, -0.25) is 9.58 Å². The molecule has 3 heterocycles. The molecular formula is C12H15ClN4OS. The van der Waals surface area contributed by atoms with Crippen molar-refractivity contribution >= 4 is 22.9 Å². The summed E-state index contributed by atoms with van der Waals surface area (Å²) in [4.78, 5) is 6.64. The normalized spacial score (nSPS) is 16.9. The minimum atomic E-state index is 0.543. The third kappa shape index (κ3) is 3.33. The smallest absolute Gasteiger partial charge is 0.140 e. The van der Waals surface area contributed by atoms with E-state index in [0.29, 0.717) is 5.15 Å². The molecule has 0 radical (unpaired) electrons. The van der Waals surface area contributed by atoms with Crippen LogP contribution >= 0.6 is 22.9 Å². The molecule has 1 saturated heterocycles. The maximum atomic E-state index is 5.83. The molecule has 3 rings (SSSR count). The van der Waals surface area contributed by atoms with Crippen molar-refractivity contribution in [3.8, 4) is 10.6 Å². The summed E-state index contributed by atoms with van der Waals surface area (Å²) in [5.41, 5.74) is 1.03. The minimum Gasteiger partial charge on any atom is -0.379 e. The molecule has 0 saturated carbocycles. The second-order valence-electron chi connectivity index (χ2n) is 4.42. The lowest BCUT2D eigenvalue weighted by molar-refractivity contribution is 0.0360. The summed E-state index contributed by atoms with van der Waals surface area (Å²) in [6.45, 7) is 5.58. The van der Waals surface area contributed by atoms with Gasteiger partial charge < -0.3 is 4.74 Å². The van der Waals surface area contributed by atoms with E-state index in [1.165, 1.54) is 11.3 Å². The maximum absolute atomic E-state index is 5.83. The molecule has 19 heavy (non-hydrogen) atoms. The van der Waals surface area contributed by atoms with Crippen LogP contribution in [0.3, 0.4) is 0 Å². The average Bonchev–Trinajstić information content (AvgIpc) is 3.06. The van der Waals surface area contributed by atoms with E-state index in [1.54, 1.807) is 0 Å². The van der Waals surface area contributed by atoms with Crippen LogP contribution in [-0.4, -0.2) is 52.5 Å². The van der Waals surface area contributed by atoms with E-state index in [-0.39, 0.29) is 0 Å². The highest BCUT2D eigenvalue weighted by molar-refractivity contribution is 7.13. The zero-order chi connectivity index (χ0) is 13.1. The van der Waals surface area contributed by atoms with Gasteiger partial charge in [-0.2, -0.15) is 5.10 Å². The van der Waals surface area contributed by atoms with Gasteiger partial charge in [0.2, 0.25) is 0 Å². The molecule has 7 heteroatoms. The molecule has 2 aromatic rings. The summed E-state index contributed by atoms with van der Waals surface area (Å²) in [6, 6.07) is 0. The van der Waals surface area contributed by atoms with Gasteiger partial charge in [-0.1, -0.05) is 11.6 Å². The van der Waals surface area contributed by atoms with Crippen LogP contribution in [0.1, 0.15) is 0 Å². The third-order valence-electron chi connectivity index (χ3n) is 3.11. The Kier molecular flexibility index (Phi) is 4.12. The van der Waals surface area contributed by atoms with Crippen LogP contribution < -0.4 is 0 Å². The predicted octanol–water partition coefficient (Wildman–Crippen LogP) is 1.99. The van der Waals surface area contributed by atoms with Gasteiger partial charge in [0.15, 0.2) is 0 Å². The van der Waals surface area contributed by atoms with E-state index < -0.39 is 0 Å². The van der Waals surface area contributed by atoms with Gasteiger partial charge in [-0.15, -0.1) is 11.3 Å². The molecule has 0 aromatic carbocycles. The van der Waals surface area contributed by atoms with Crippen molar-refractivity contribution in [2.24, 2.45) is 0 Å². The molecule has 0 atom stereocenters. The molecule has 0 spiro atoms. The molecule has 5 nitrogen and oxygen atoms in total. The lowest BCUT2D eigenvalue weighted by Crippen LogP contribution is -2.38. The van der Waals surface area contributed by atoms with E-state index in [0.717, 1.165) is 50.0 Å². The summed E-state index contributed by atoms with van der Waals surface area (Å²) < 4.78 is 7.29. The highest BCUT2D eigenvalue weighted by atomic mass is 35.5. The summed E-state index contributed by atoms with van der Waals surface area (Å²) in [5, 5.41) is 7.67. The Morgan fingerprint density at radius 2 is 2.16 bits per heavy atom. The molecule has 102 valence electrons. The molecule has 0 unspecified atom stereocenters. The Bertz CT molecular complexity index is 535. The van der Waals surface area contributed by atoms with Crippen molar-refractivity contribution < 1.29 is 4.74 Å². The zero-order valence-corrected chi connectivity index (χ0v) is 12.0. The van der Waals surface area contributed by atoms with E-state index in [9.17, 15) is 0 Å². The van der Waals surface area contributed by atoms with Crippen molar-refractivity contribution in [2.75, 3.05) is 32.8 Å². The standard InChI is InChI=1S/C12H15ClN4OS/c13-11-9-19-12(15-11)10-7-14-17(8-10)2-1-16-3-5-18-6-4-16/h7-9H,1-6H2. The van der Waals surface area contributed by atoms with E-state index in [4.69, 9.17) is 16.3 Å². The van der Waals surface area contributed by atoms with E-state index in [1.807, 2.05) is 22.5 Å². The largest absolute Gasteiger partial charge is 0.379 e. The number of halogens is 1. The minimum absolute atomic E-state index is 0.543. The van der Waals surface area contributed by atoms with Gasteiger partial charge >= 0.3 is 0 Å². The average molecular weight is 299 g/mol. The number of rotatable bonds is 4. The summed E-state index contributed by atoms with van der Waals surface area (Å²) in [6.07, 6.45) is 3.87. The first kappa shape index (κ1) is 13.1. The van der Waals surface area contributed by atoms with Crippen molar-refractivity contribution in [1.29, 1.82) is 0 Å². The first-order valence-electron chi connectivity index (χ1n) is 6.25. The fourth-order valence-corrected chi connectivity index (χ4v) is 2.97. The molecular weight excluding hydrogens is 284 g/mol. The Balaban J connectivity index is 1.58. The van der Waals surface area contributed by atoms with Gasteiger partial charge in [0.05, 0.1) is 26.0 Å². The fourth-order valence-electron chi connectivity index (χ4n) is 2.05. The summed E-state index contributed by atoms with van der Waals surface area (Å²) >= 11 is 7.37. The van der Waals surface area contributed by atoms with Crippen molar-refractivity contribution in [1.82, 2.24) is 19.7 Å². The summed E-state index contributed by atoms with van der Waals surface area (Å²) in [5.74, 6) is 0. The maximum Gasteiger partial charge on any atom is 0.140 e. The Morgan fingerprint density at radius 1 is 1.32 bits per heavy atom. The number of hydrogen-bond acceptors (Lipinski definition) is 5. The highest BCUT2D eigenvalue weighted by Gasteiger charge is 2.11. The number of nitrogens with zero attached hydrogens (tertiary/aromatic N) is 4. The first-order valence-corrected chi connectivity index (χ1v) is 7.51. The molecule has 1 aliphatic heterocycles. The van der Waals surface area contributed by atoms with Crippen LogP contribution in [0, 0.1) is 0 Å². The van der Waals surface area contributed by atoms with Gasteiger partial charge in [-0.25, -0.2) is 4.98 Å². The fraction of sp³-hybridized carbons (Fsp3) is 0.500. The predicted molar refractivity (Wildman–Crippen MR) is 75.6 cm³/mol. The number of thiazole rings is 1. The van der Waals surface area contributed by atoms with E-state index >= 15 is 0 Å². The monoisotopic (exact) mass is 298 g/mol. The molecule has 1 fully saturated rings.